The topological polar surface area (TPSA) is 142 Å². The molecule has 0 spiro atoms. The molecule has 7 rings (SSSR count). The molecule has 0 fully saturated rings. The van der Waals surface area contributed by atoms with Crippen molar-refractivity contribution in [1.82, 2.24) is 39.6 Å². The molecule has 320 valence electrons. The van der Waals surface area contributed by atoms with Crippen LogP contribution in [0.3, 0.4) is 0 Å². The lowest BCUT2D eigenvalue weighted by Gasteiger charge is -2.23. The van der Waals surface area contributed by atoms with Gasteiger partial charge in [-0.15, -0.1) is 12.3 Å². The number of benzene rings is 2. The summed E-state index contributed by atoms with van der Waals surface area (Å²) in [5.41, 5.74) is -1.71. The first-order valence-electron chi connectivity index (χ1n) is 18.5. The second-order valence-electron chi connectivity index (χ2n) is 15.0. The highest BCUT2D eigenvalue weighted by molar-refractivity contribution is 7.92. The van der Waals surface area contributed by atoms with Gasteiger partial charge in [-0.05, 0) is 50.1 Å². The van der Waals surface area contributed by atoms with E-state index in [4.69, 9.17) is 23.0 Å². The molecule has 2 atom stereocenters. The average molecular weight is 890 g/mol. The van der Waals surface area contributed by atoms with Gasteiger partial charge in [0.25, 0.3) is 5.92 Å². The summed E-state index contributed by atoms with van der Waals surface area (Å²) in [5.74, 6) is -6.21. The molecule has 2 unspecified atom stereocenters. The summed E-state index contributed by atoms with van der Waals surface area (Å²) in [6.07, 6.45) is 2.48. The number of amides is 1. The molecule has 0 bridgehead atoms. The number of aromatic nitrogens is 7. The molecule has 0 saturated heterocycles. The number of halogens is 8. The summed E-state index contributed by atoms with van der Waals surface area (Å²) in [7, 11) is -2.33. The Morgan fingerprint density at radius 3 is 2.39 bits per heavy atom. The molecule has 1 aliphatic rings. The van der Waals surface area contributed by atoms with Gasteiger partial charge in [0.1, 0.15) is 23.9 Å². The smallest absolute Gasteiger partial charge is 0.346 e. The van der Waals surface area contributed by atoms with Crippen molar-refractivity contribution in [1.29, 1.82) is 0 Å². The minimum atomic E-state index is -5.17. The maximum absolute atomic E-state index is 15.5. The number of carbonyl (C=O) groups excluding carboxylic acids is 1. The molecule has 21 heteroatoms. The summed E-state index contributed by atoms with van der Waals surface area (Å²) in [6, 6.07) is 7.51. The van der Waals surface area contributed by atoms with Crippen LogP contribution < -0.4 is 10.0 Å². The van der Waals surface area contributed by atoms with Crippen molar-refractivity contribution in [2.24, 2.45) is 7.05 Å². The number of nitrogens with one attached hydrogen (secondary N) is 2. The van der Waals surface area contributed by atoms with Crippen LogP contribution in [0.15, 0.2) is 54.9 Å². The summed E-state index contributed by atoms with van der Waals surface area (Å²) < 4.78 is 134. The first-order chi connectivity index (χ1) is 28.5. The van der Waals surface area contributed by atoms with E-state index in [0.29, 0.717) is 33.1 Å². The molecular formula is C40H35ClF7N9O3S. The van der Waals surface area contributed by atoms with Crippen molar-refractivity contribution in [3.63, 3.8) is 0 Å². The Morgan fingerprint density at radius 2 is 1.77 bits per heavy atom. The zero-order valence-electron chi connectivity index (χ0n) is 32.6. The fourth-order valence-corrected chi connectivity index (χ4v) is 8.41. The van der Waals surface area contributed by atoms with Crippen molar-refractivity contribution in [2.45, 2.75) is 69.8 Å². The van der Waals surface area contributed by atoms with E-state index in [1.54, 1.807) is 29.1 Å². The molecule has 61 heavy (non-hydrogen) atoms. The SMILES string of the molecule is C#CCC1CC(F)(F)c2c1c(C(F)(F)F)nn2CC(=O)NC(Cc1cc(F)cc(F)c1)c1nc(-c2cnn(C(C)C)c2)ccc1-c1ccc(Cl)c2c(NS(C)(=O)=O)nn(C)c12. The molecule has 4 aromatic heterocycles. The van der Waals surface area contributed by atoms with Crippen LogP contribution in [-0.4, -0.2) is 54.9 Å². The maximum Gasteiger partial charge on any atom is 0.435 e. The lowest BCUT2D eigenvalue weighted by molar-refractivity contribution is -0.142. The number of pyridine rings is 1. The number of alkyl halides is 5. The number of sulfonamides is 1. The molecule has 0 aliphatic heterocycles. The first-order valence-corrected chi connectivity index (χ1v) is 20.7. The van der Waals surface area contributed by atoms with E-state index in [1.807, 2.05) is 13.8 Å². The van der Waals surface area contributed by atoms with Crippen LogP contribution in [0.5, 0.6) is 0 Å². The first kappa shape index (κ1) is 43.2. The van der Waals surface area contributed by atoms with Crippen molar-refractivity contribution >= 4 is 44.3 Å². The molecule has 0 radical (unpaired) electrons. The highest BCUT2D eigenvalue weighted by atomic mass is 35.5. The molecular weight excluding hydrogens is 855 g/mol. The van der Waals surface area contributed by atoms with Gasteiger partial charge < -0.3 is 5.32 Å². The van der Waals surface area contributed by atoms with Crippen molar-refractivity contribution in [3.05, 3.63) is 99.7 Å². The van der Waals surface area contributed by atoms with Gasteiger partial charge in [-0.3, -0.25) is 23.6 Å². The van der Waals surface area contributed by atoms with Crippen molar-refractivity contribution < 1.29 is 43.9 Å². The molecule has 2 N–H and O–H groups in total. The third kappa shape index (κ3) is 8.66. The van der Waals surface area contributed by atoms with Gasteiger partial charge in [0.2, 0.25) is 15.9 Å². The lowest BCUT2D eigenvalue weighted by atomic mass is 9.93. The molecule has 1 aliphatic carbocycles. The number of nitrogens with zero attached hydrogens (tertiary/aromatic N) is 7. The van der Waals surface area contributed by atoms with Gasteiger partial charge in [-0.25, -0.2) is 22.2 Å². The van der Waals surface area contributed by atoms with Gasteiger partial charge >= 0.3 is 6.18 Å². The quantitative estimate of drug-likeness (QED) is 0.0931. The van der Waals surface area contributed by atoms with Crippen LogP contribution >= 0.6 is 11.6 Å². The highest BCUT2D eigenvalue weighted by Crippen LogP contribution is 2.53. The second kappa shape index (κ2) is 15.8. The third-order valence-corrected chi connectivity index (χ3v) is 10.9. The number of hydrogen-bond acceptors (Lipinski definition) is 7. The van der Waals surface area contributed by atoms with E-state index in [0.717, 1.165) is 18.4 Å². The van der Waals surface area contributed by atoms with E-state index < -0.39 is 88.0 Å². The largest absolute Gasteiger partial charge is 0.435 e. The molecule has 4 heterocycles. The van der Waals surface area contributed by atoms with Crippen molar-refractivity contribution in [3.8, 4) is 34.7 Å². The predicted molar refractivity (Wildman–Crippen MR) is 212 cm³/mol. The van der Waals surface area contributed by atoms with Gasteiger partial charge in [0.05, 0.1) is 45.8 Å². The molecule has 12 nitrogen and oxygen atoms in total. The number of anilines is 1. The lowest BCUT2D eigenvalue weighted by Crippen LogP contribution is -2.35. The number of carbonyl (C=O) groups is 1. The minimum Gasteiger partial charge on any atom is -0.346 e. The zero-order valence-corrected chi connectivity index (χ0v) is 34.2. The van der Waals surface area contributed by atoms with Crippen molar-refractivity contribution in [2.75, 3.05) is 11.0 Å². The number of aryl methyl sites for hydroxylation is 1. The van der Waals surface area contributed by atoms with Gasteiger partial charge in [-0.2, -0.15) is 37.2 Å². The Hall–Kier alpha value is -5.94. The molecule has 1 amide bonds. The Kier molecular flexibility index (Phi) is 11.2. The Bertz CT molecular complexity index is 2840. The third-order valence-electron chi connectivity index (χ3n) is 10.1. The molecule has 2 aromatic carbocycles. The fourth-order valence-electron chi connectivity index (χ4n) is 7.68. The normalized spacial score (nSPS) is 15.6. The Balaban J connectivity index is 1.41. The van der Waals surface area contributed by atoms with Crippen LogP contribution in [0.1, 0.15) is 72.9 Å². The van der Waals surface area contributed by atoms with Gasteiger partial charge in [-0.1, -0.05) is 23.7 Å². The maximum atomic E-state index is 15.5. The van der Waals surface area contributed by atoms with E-state index in [-0.39, 0.29) is 45.5 Å². The minimum absolute atomic E-state index is 0.0120. The van der Waals surface area contributed by atoms with Crippen LogP contribution in [0.4, 0.5) is 36.6 Å². The standard InChI is InChI=1S/C40H35ClF7N9O3S/c1-6-7-22-16-39(44,45)37-32(22)36(40(46,47)48)52-57(37)19-31(58)50-30(14-21-12-24(42)15-25(43)13-21)34-26(9-11-29(51-34)23-17-49-56(18-23)20(2)3)27-8-10-28(41)33-35(27)55(4)53-38(33)54-61(5,59)60/h1,8-13,15,17-18,20,22,30H,7,14,16,19H2,2-5H3,(H,50,58)(H,53,54). The number of terminal acetylenes is 1. The van der Waals surface area contributed by atoms with E-state index >= 15 is 8.78 Å². The van der Waals surface area contributed by atoms with E-state index in [2.05, 4.69) is 31.3 Å². The number of rotatable bonds is 12. The van der Waals surface area contributed by atoms with Crippen LogP contribution in [-0.2, 0) is 46.9 Å². The Labute approximate surface area is 349 Å². The van der Waals surface area contributed by atoms with Crippen LogP contribution in [0.25, 0.3) is 33.3 Å². The zero-order chi connectivity index (χ0) is 44.3. The number of hydrogen-bond donors (Lipinski definition) is 2. The van der Waals surface area contributed by atoms with Crippen LogP contribution in [0.2, 0.25) is 5.02 Å². The molecule has 6 aromatic rings. The number of fused-ring (bicyclic) bond motifs is 2. The van der Waals surface area contributed by atoms with Gasteiger partial charge in [0, 0.05) is 66.4 Å². The monoisotopic (exact) mass is 889 g/mol. The average Bonchev–Trinajstić information content (AvgIpc) is 3.91. The second-order valence-corrected chi connectivity index (χ2v) is 17.1. The summed E-state index contributed by atoms with van der Waals surface area (Å²) >= 11 is 6.62. The van der Waals surface area contributed by atoms with E-state index in [1.165, 1.54) is 24.0 Å². The van der Waals surface area contributed by atoms with Gasteiger partial charge in [0.15, 0.2) is 11.5 Å². The Morgan fingerprint density at radius 1 is 1.08 bits per heavy atom. The molecule has 0 saturated carbocycles. The summed E-state index contributed by atoms with van der Waals surface area (Å²) in [6.45, 7) is 2.66. The summed E-state index contributed by atoms with van der Waals surface area (Å²) in [5, 5.41) is 15.1. The fraction of sp³-hybridized carbons (Fsp3) is 0.325. The highest BCUT2D eigenvalue weighted by Gasteiger charge is 2.54. The summed E-state index contributed by atoms with van der Waals surface area (Å²) in [4.78, 5) is 19.0. The predicted octanol–water partition coefficient (Wildman–Crippen LogP) is 8.30. The van der Waals surface area contributed by atoms with E-state index in [9.17, 15) is 35.2 Å². The van der Waals surface area contributed by atoms with Crippen LogP contribution in [0, 0.1) is 24.0 Å².